The van der Waals surface area contributed by atoms with E-state index in [1.165, 1.54) is 12.8 Å². The molecule has 2 nitrogen and oxygen atoms in total. The van der Waals surface area contributed by atoms with Crippen molar-refractivity contribution >= 4 is 15.9 Å². The van der Waals surface area contributed by atoms with Gasteiger partial charge in [0.25, 0.3) is 0 Å². The SMILES string of the molecule is CC(C)Oc1ccc(Br)c(OC2CC2)c1. The molecule has 1 aliphatic carbocycles. The molecule has 0 aromatic heterocycles. The Balaban J connectivity index is 2.12. The third-order valence-corrected chi connectivity index (χ3v) is 2.75. The van der Waals surface area contributed by atoms with Gasteiger partial charge in [0.15, 0.2) is 0 Å². The molecule has 0 spiro atoms. The van der Waals surface area contributed by atoms with Gasteiger partial charge >= 0.3 is 0 Å². The van der Waals surface area contributed by atoms with Gasteiger partial charge in [0, 0.05) is 6.07 Å². The minimum atomic E-state index is 0.194. The number of benzene rings is 1. The quantitative estimate of drug-likeness (QED) is 0.829. The molecule has 1 saturated carbocycles. The van der Waals surface area contributed by atoms with E-state index in [1.807, 2.05) is 32.0 Å². The van der Waals surface area contributed by atoms with E-state index in [9.17, 15) is 0 Å². The topological polar surface area (TPSA) is 18.5 Å². The van der Waals surface area contributed by atoms with Crippen LogP contribution in [0.1, 0.15) is 26.7 Å². The number of halogens is 1. The molecule has 0 atom stereocenters. The van der Waals surface area contributed by atoms with E-state index in [-0.39, 0.29) is 6.10 Å². The van der Waals surface area contributed by atoms with E-state index in [4.69, 9.17) is 9.47 Å². The first-order chi connectivity index (χ1) is 7.15. The Hall–Kier alpha value is -0.700. The van der Waals surface area contributed by atoms with Crippen molar-refractivity contribution in [2.45, 2.75) is 38.9 Å². The molecule has 0 N–H and O–H groups in total. The van der Waals surface area contributed by atoms with Crippen LogP contribution in [0, 0.1) is 0 Å². The standard InChI is InChI=1S/C12H15BrO2/c1-8(2)14-10-5-6-11(13)12(7-10)15-9-3-4-9/h5-9H,3-4H2,1-2H3. The fraction of sp³-hybridized carbons (Fsp3) is 0.500. The van der Waals surface area contributed by atoms with Crippen molar-refractivity contribution in [3.8, 4) is 11.5 Å². The number of ether oxygens (including phenoxy) is 2. The first-order valence-electron chi connectivity index (χ1n) is 5.28. The maximum absolute atomic E-state index is 5.75. The molecular formula is C12H15BrO2. The molecule has 15 heavy (non-hydrogen) atoms. The molecule has 0 radical (unpaired) electrons. The highest BCUT2D eigenvalue weighted by Gasteiger charge is 2.24. The molecule has 3 heteroatoms. The van der Waals surface area contributed by atoms with Gasteiger partial charge in [-0.05, 0) is 54.8 Å². The van der Waals surface area contributed by atoms with Crippen LogP contribution in [-0.2, 0) is 0 Å². The molecule has 1 aromatic rings. The van der Waals surface area contributed by atoms with Crippen LogP contribution >= 0.6 is 15.9 Å². The molecule has 0 amide bonds. The van der Waals surface area contributed by atoms with Crippen molar-refractivity contribution in [1.29, 1.82) is 0 Å². The molecule has 0 unspecified atom stereocenters. The van der Waals surface area contributed by atoms with Gasteiger partial charge in [-0.15, -0.1) is 0 Å². The lowest BCUT2D eigenvalue weighted by molar-refractivity contribution is 0.239. The predicted molar refractivity (Wildman–Crippen MR) is 63.6 cm³/mol. The summed E-state index contributed by atoms with van der Waals surface area (Å²) < 4.78 is 12.4. The van der Waals surface area contributed by atoms with Gasteiger partial charge in [-0.25, -0.2) is 0 Å². The summed E-state index contributed by atoms with van der Waals surface area (Å²) in [5.41, 5.74) is 0. The Bertz CT molecular complexity index is 345. The van der Waals surface area contributed by atoms with Crippen LogP contribution in [0.3, 0.4) is 0 Å². The summed E-state index contributed by atoms with van der Waals surface area (Å²) in [4.78, 5) is 0. The van der Waals surface area contributed by atoms with E-state index >= 15 is 0 Å². The Kier molecular flexibility index (Phi) is 3.19. The highest BCUT2D eigenvalue weighted by atomic mass is 79.9. The third kappa shape index (κ3) is 3.13. The van der Waals surface area contributed by atoms with Crippen molar-refractivity contribution in [2.24, 2.45) is 0 Å². The third-order valence-electron chi connectivity index (χ3n) is 2.09. The van der Waals surface area contributed by atoms with Crippen molar-refractivity contribution in [3.63, 3.8) is 0 Å². The summed E-state index contributed by atoms with van der Waals surface area (Å²) in [5.74, 6) is 1.75. The molecule has 0 saturated heterocycles. The second-order valence-electron chi connectivity index (χ2n) is 4.08. The number of hydrogen-bond donors (Lipinski definition) is 0. The second-order valence-corrected chi connectivity index (χ2v) is 4.93. The van der Waals surface area contributed by atoms with E-state index in [1.54, 1.807) is 0 Å². The van der Waals surface area contributed by atoms with Gasteiger partial charge in [-0.2, -0.15) is 0 Å². The largest absolute Gasteiger partial charge is 0.491 e. The van der Waals surface area contributed by atoms with Gasteiger partial charge in [0.1, 0.15) is 11.5 Å². The van der Waals surface area contributed by atoms with Crippen LogP contribution in [0.15, 0.2) is 22.7 Å². The zero-order valence-electron chi connectivity index (χ0n) is 9.00. The molecule has 82 valence electrons. The first-order valence-corrected chi connectivity index (χ1v) is 6.07. The first kappa shape index (κ1) is 10.8. The maximum atomic E-state index is 5.75. The fourth-order valence-corrected chi connectivity index (χ4v) is 1.63. The fourth-order valence-electron chi connectivity index (χ4n) is 1.28. The van der Waals surface area contributed by atoms with Gasteiger partial charge in [-0.1, -0.05) is 0 Å². The highest BCUT2D eigenvalue weighted by molar-refractivity contribution is 9.10. The average molecular weight is 271 g/mol. The van der Waals surface area contributed by atoms with Crippen LogP contribution in [-0.4, -0.2) is 12.2 Å². The highest BCUT2D eigenvalue weighted by Crippen LogP contribution is 2.34. The molecule has 0 bridgehead atoms. The Morgan fingerprint density at radius 1 is 1.33 bits per heavy atom. The summed E-state index contributed by atoms with van der Waals surface area (Å²) >= 11 is 3.47. The van der Waals surface area contributed by atoms with E-state index in [0.29, 0.717) is 6.10 Å². The number of rotatable bonds is 4. The zero-order chi connectivity index (χ0) is 10.8. The molecule has 1 aliphatic rings. The second kappa shape index (κ2) is 4.44. The van der Waals surface area contributed by atoms with Crippen LogP contribution in [0.4, 0.5) is 0 Å². The summed E-state index contributed by atoms with van der Waals surface area (Å²) in [7, 11) is 0. The predicted octanol–water partition coefficient (Wildman–Crippen LogP) is 3.78. The summed E-state index contributed by atoms with van der Waals surface area (Å²) in [6.07, 6.45) is 2.94. The van der Waals surface area contributed by atoms with Crippen molar-refractivity contribution in [2.75, 3.05) is 0 Å². The van der Waals surface area contributed by atoms with Gasteiger partial charge in [0.05, 0.1) is 16.7 Å². The molecule has 1 fully saturated rings. The molecular weight excluding hydrogens is 256 g/mol. The van der Waals surface area contributed by atoms with E-state index < -0.39 is 0 Å². The lowest BCUT2D eigenvalue weighted by Crippen LogP contribution is -2.06. The average Bonchev–Trinajstić information content (AvgIpc) is 2.94. The van der Waals surface area contributed by atoms with Crippen molar-refractivity contribution in [3.05, 3.63) is 22.7 Å². The maximum Gasteiger partial charge on any atom is 0.137 e. The summed E-state index contributed by atoms with van der Waals surface area (Å²) in [5, 5.41) is 0. The van der Waals surface area contributed by atoms with Crippen LogP contribution in [0.5, 0.6) is 11.5 Å². The molecule has 0 aliphatic heterocycles. The van der Waals surface area contributed by atoms with Crippen molar-refractivity contribution < 1.29 is 9.47 Å². The number of hydrogen-bond acceptors (Lipinski definition) is 2. The Labute approximate surface area is 98.7 Å². The smallest absolute Gasteiger partial charge is 0.137 e. The van der Waals surface area contributed by atoms with E-state index in [2.05, 4.69) is 15.9 Å². The minimum Gasteiger partial charge on any atom is -0.491 e. The molecule has 0 heterocycles. The zero-order valence-corrected chi connectivity index (χ0v) is 10.6. The summed E-state index contributed by atoms with van der Waals surface area (Å²) in [6, 6.07) is 5.86. The van der Waals surface area contributed by atoms with E-state index in [0.717, 1.165) is 16.0 Å². The van der Waals surface area contributed by atoms with Crippen LogP contribution in [0.2, 0.25) is 0 Å². The monoisotopic (exact) mass is 270 g/mol. The Morgan fingerprint density at radius 3 is 2.67 bits per heavy atom. The lowest BCUT2D eigenvalue weighted by Gasteiger charge is -2.12. The van der Waals surface area contributed by atoms with Gasteiger partial charge in [-0.3, -0.25) is 0 Å². The molecule has 1 aromatic carbocycles. The van der Waals surface area contributed by atoms with Crippen molar-refractivity contribution in [1.82, 2.24) is 0 Å². The Morgan fingerprint density at radius 2 is 2.07 bits per heavy atom. The molecule has 2 rings (SSSR count). The van der Waals surface area contributed by atoms with Crippen LogP contribution in [0.25, 0.3) is 0 Å². The normalized spacial score (nSPS) is 15.5. The lowest BCUT2D eigenvalue weighted by atomic mass is 10.3. The van der Waals surface area contributed by atoms with Gasteiger partial charge in [0.2, 0.25) is 0 Å². The van der Waals surface area contributed by atoms with Crippen LogP contribution < -0.4 is 9.47 Å². The van der Waals surface area contributed by atoms with Gasteiger partial charge < -0.3 is 9.47 Å². The summed E-state index contributed by atoms with van der Waals surface area (Å²) in [6.45, 7) is 4.03. The minimum absolute atomic E-state index is 0.194.